The summed E-state index contributed by atoms with van der Waals surface area (Å²) in [5, 5.41) is 10.4. The molecule has 2 heterocycles. The Morgan fingerprint density at radius 3 is 2.91 bits per heavy atom. The summed E-state index contributed by atoms with van der Waals surface area (Å²) >= 11 is 0. The van der Waals surface area contributed by atoms with Crippen molar-refractivity contribution in [3.63, 3.8) is 0 Å². The minimum Gasteiger partial charge on any atom is -0.459 e. The van der Waals surface area contributed by atoms with Crippen molar-refractivity contribution < 1.29 is 13.6 Å². The molecule has 0 saturated carbocycles. The third kappa shape index (κ3) is 2.84. The van der Waals surface area contributed by atoms with Crippen molar-refractivity contribution in [1.82, 2.24) is 15.5 Å². The van der Waals surface area contributed by atoms with Crippen LogP contribution in [0.25, 0.3) is 11.0 Å². The fourth-order valence-electron chi connectivity index (χ4n) is 2.62. The molecule has 2 N–H and O–H groups in total. The summed E-state index contributed by atoms with van der Waals surface area (Å²) in [6.45, 7) is 5.66. The maximum absolute atomic E-state index is 13.4. The average molecular weight is 315 g/mol. The number of nitrogens with zero attached hydrogens (tertiary/aromatic N) is 1. The maximum atomic E-state index is 13.4. The van der Waals surface area contributed by atoms with Crippen LogP contribution in [-0.4, -0.2) is 16.1 Å². The molecule has 1 aromatic carbocycles. The van der Waals surface area contributed by atoms with Gasteiger partial charge in [0.25, 0.3) is 5.91 Å². The summed E-state index contributed by atoms with van der Waals surface area (Å²) in [5.74, 6) is 0.0259. The van der Waals surface area contributed by atoms with Gasteiger partial charge in [0.05, 0.1) is 6.04 Å². The van der Waals surface area contributed by atoms with E-state index in [0.717, 1.165) is 17.7 Å². The van der Waals surface area contributed by atoms with Crippen LogP contribution in [0.5, 0.6) is 0 Å². The van der Waals surface area contributed by atoms with E-state index in [2.05, 4.69) is 15.5 Å². The van der Waals surface area contributed by atoms with Gasteiger partial charge in [0.2, 0.25) is 0 Å². The van der Waals surface area contributed by atoms with Crippen molar-refractivity contribution in [2.45, 2.75) is 33.2 Å². The van der Waals surface area contributed by atoms with Crippen LogP contribution in [0.2, 0.25) is 0 Å². The zero-order valence-electron chi connectivity index (χ0n) is 13.2. The number of aromatic nitrogens is 2. The lowest BCUT2D eigenvalue weighted by Crippen LogP contribution is -2.27. The van der Waals surface area contributed by atoms with Crippen LogP contribution in [-0.2, 0) is 6.42 Å². The number of furan rings is 1. The number of halogens is 1. The van der Waals surface area contributed by atoms with Crippen LogP contribution in [0.15, 0.2) is 28.7 Å². The zero-order valence-corrected chi connectivity index (χ0v) is 13.2. The molecule has 6 heteroatoms. The molecule has 23 heavy (non-hydrogen) atoms. The normalized spacial score (nSPS) is 12.5. The quantitative estimate of drug-likeness (QED) is 0.772. The largest absolute Gasteiger partial charge is 0.459 e. The van der Waals surface area contributed by atoms with E-state index >= 15 is 0 Å². The van der Waals surface area contributed by atoms with Crippen molar-refractivity contribution in [3.8, 4) is 0 Å². The Balaban J connectivity index is 1.84. The Labute approximate surface area is 132 Å². The lowest BCUT2D eigenvalue weighted by molar-refractivity contribution is 0.0930. The summed E-state index contributed by atoms with van der Waals surface area (Å²) in [6, 6.07) is 5.77. The van der Waals surface area contributed by atoms with Crippen molar-refractivity contribution in [1.29, 1.82) is 0 Å². The summed E-state index contributed by atoms with van der Waals surface area (Å²) < 4.78 is 19.1. The second-order valence-electron chi connectivity index (χ2n) is 5.56. The second-order valence-corrected chi connectivity index (χ2v) is 5.56. The molecule has 0 spiro atoms. The summed E-state index contributed by atoms with van der Waals surface area (Å²) in [4.78, 5) is 12.2. The maximum Gasteiger partial charge on any atom is 0.272 e. The molecule has 0 aliphatic carbocycles. The topological polar surface area (TPSA) is 70.9 Å². The molecule has 0 saturated heterocycles. The van der Waals surface area contributed by atoms with Crippen LogP contribution in [0.3, 0.4) is 0 Å². The van der Waals surface area contributed by atoms with E-state index in [-0.39, 0.29) is 17.8 Å². The summed E-state index contributed by atoms with van der Waals surface area (Å²) in [6.07, 6.45) is 0.782. The third-order valence-corrected chi connectivity index (χ3v) is 3.92. The molecule has 3 rings (SSSR count). The highest BCUT2D eigenvalue weighted by molar-refractivity contribution is 5.92. The van der Waals surface area contributed by atoms with Gasteiger partial charge in [0.1, 0.15) is 22.9 Å². The first-order valence-electron chi connectivity index (χ1n) is 7.53. The molecule has 1 atom stereocenters. The minimum atomic E-state index is -0.347. The number of carbonyl (C=O) groups is 1. The van der Waals surface area contributed by atoms with E-state index in [4.69, 9.17) is 4.42 Å². The summed E-state index contributed by atoms with van der Waals surface area (Å²) in [5.41, 5.74) is 2.67. The molecule has 0 aliphatic rings. The number of hydrogen-bond donors (Lipinski definition) is 2. The SMILES string of the molecule is CCc1cc(C(=O)NC(C)c2oc3ccc(F)cc3c2C)n[nH]1. The van der Waals surface area contributed by atoms with Gasteiger partial charge in [-0.25, -0.2) is 4.39 Å². The lowest BCUT2D eigenvalue weighted by atomic mass is 10.1. The highest BCUT2D eigenvalue weighted by Gasteiger charge is 2.20. The van der Waals surface area contributed by atoms with Gasteiger partial charge in [-0.2, -0.15) is 5.10 Å². The number of nitrogens with one attached hydrogen (secondary N) is 2. The Morgan fingerprint density at radius 2 is 2.22 bits per heavy atom. The smallest absolute Gasteiger partial charge is 0.272 e. The van der Waals surface area contributed by atoms with Gasteiger partial charge in [-0.05, 0) is 44.5 Å². The van der Waals surface area contributed by atoms with Crippen molar-refractivity contribution >= 4 is 16.9 Å². The zero-order chi connectivity index (χ0) is 16.6. The lowest BCUT2D eigenvalue weighted by Gasteiger charge is -2.11. The molecule has 1 unspecified atom stereocenters. The number of fused-ring (bicyclic) bond motifs is 1. The molecule has 0 aliphatic heterocycles. The van der Waals surface area contributed by atoms with Gasteiger partial charge >= 0.3 is 0 Å². The Bertz CT molecular complexity index is 866. The molecule has 0 radical (unpaired) electrons. The Kier molecular flexibility index (Phi) is 3.90. The molecule has 1 amide bonds. The Morgan fingerprint density at radius 1 is 1.43 bits per heavy atom. The first-order valence-corrected chi connectivity index (χ1v) is 7.53. The molecule has 3 aromatic rings. The molecular formula is C17H18FN3O2. The predicted molar refractivity (Wildman–Crippen MR) is 84.8 cm³/mol. The number of aryl methyl sites for hydroxylation is 2. The van der Waals surface area contributed by atoms with E-state index in [1.807, 2.05) is 20.8 Å². The molecule has 2 aromatic heterocycles. The van der Waals surface area contributed by atoms with Crippen LogP contribution in [0.4, 0.5) is 4.39 Å². The van der Waals surface area contributed by atoms with Gasteiger partial charge in [0.15, 0.2) is 0 Å². The van der Waals surface area contributed by atoms with Gasteiger partial charge in [-0.15, -0.1) is 0 Å². The number of carbonyl (C=O) groups excluding carboxylic acids is 1. The summed E-state index contributed by atoms with van der Waals surface area (Å²) in [7, 11) is 0. The van der Waals surface area contributed by atoms with Crippen molar-refractivity contribution in [2.24, 2.45) is 0 Å². The van der Waals surface area contributed by atoms with E-state index in [1.54, 1.807) is 12.1 Å². The fourth-order valence-corrected chi connectivity index (χ4v) is 2.62. The van der Waals surface area contributed by atoms with Gasteiger partial charge in [0, 0.05) is 16.6 Å². The number of amides is 1. The molecular weight excluding hydrogens is 297 g/mol. The monoisotopic (exact) mass is 315 g/mol. The minimum absolute atomic E-state index is 0.278. The fraction of sp³-hybridized carbons (Fsp3) is 0.294. The highest BCUT2D eigenvalue weighted by Crippen LogP contribution is 2.30. The van der Waals surface area contributed by atoms with E-state index in [9.17, 15) is 9.18 Å². The van der Waals surface area contributed by atoms with Crippen LogP contribution >= 0.6 is 0 Å². The molecule has 5 nitrogen and oxygen atoms in total. The van der Waals surface area contributed by atoms with E-state index < -0.39 is 0 Å². The van der Waals surface area contributed by atoms with Gasteiger partial charge < -0.3 is 9.73 Å². The standard InChI is InChI=1S/C17H18FN3O2/c1-4-12-8-14(21-20-12)17(22)19-10(3)16-9(2)13-7-11(18)5-6-15(13)23-16/h5-8,10H,4H2,1-3H3,(H,19,22)(H,20,21). The second kappa shape index (κ2) is 5.87. The van der Waals surface area contributed by atoms with Gasteiger partial charge in [-0.3, -0.25) is 9.89 Å². The first-order chi connectivity index (χ1) is 11.0. The van der Waals surface area contributed by atoms with Crippen molar-refractivity contribution in [3.05, 3.63) is 52.8 Å². The number of rotatable bonds is 4. The highest BCUT2D eigenvalue weighted by atomic mass is 19.1. The molecule has 0 fully saturated rings. The van der Waals surface area contributed by atoms with Crippen LogP contribution in [0, 0.1) is 12.7 Å². The molecule has 0 bridgehead atoms. The number of hydrogen-bond acceptors (Lipinski definition) is 3. The number of H-pyrrole nitrogens is 1. The predicted octanol–water partition coefficient (Wildman–Crippen LogP) is 3.66. The first kappa shape index (κ1) is 15.3. The Hall–Kier alpha value is -2.63. The van der Waals surface area contributed by atoms with Crippen molar-refractivity contribution in [2.75, 3.05) is 0 Å². The number of benzene rings is 1. The molecule has 120 valence electrons. The van der Waals surface area contributed by atoms with Gasteiger partial charge in [-0.1, -0.05) is 6.92 Å². The van der Waals surface area contributed by atoms with E-state index in [1.165, 1.54) is 12.1 Å². The van der Waals surface area contributed by atoms with Crippen LogP contribution < -0.4 is 5.32 Å². The number of aromatic amines is 1. The van der Waals surface area contributed by atoms with E-state index in [0.29, 0.717) is 22.4 Å². The average Bonchev–Trinajstić information content (AvgIpc) is 3.13. The van der Waals surface area contributed by atoms with Crippen LogP contribution in [0.1, 0.15) is 47.4 Å². The third-order valence-electron chi connectivity index (χ3n) is 3.92.